The number of carboxylic acid groups (broad SMARTS) is 1. The molecule has 1 saturated carbocycles. The van der Waals surface area contributed by atoms with Gasteiger partial charge in [0.05, 0.1) is 18.7 Å². The number of hydrogen-bond donors (Lipinski definition) is 2. The number of anilines is 1. The Labute approximate surface area is 235 Å². The molecule has 7 nitrogen and oxygen atoms in total. The highest BCUT2D eigenvalue weighted by Gasteiger charge is 2.55. The van der Waals surface area contributed by atoms with Gasteiger partial charge in [-0.2, -0.15) is 0 Å². The molecule has 210 valence electrons. The van der Waals surface area contributed by atoms with Crippen LogP contribution in [0, 0.1) is 16.7 Å². The number of allylic oxidation sites excluding steroid dienone is 5. The number of aliphatic hydroxyl groups is 1. The van der Waals surface area contributed by atoms with Crippen LogP contribution in [-0.4, -0.2) is 60.3 Å². The standard InChI is InChI=1S/C31H39ClN2O5/c1-29-14-12-24(32)17-22(29)9-8-13-30(29)20-34-16-7-5-3-4-6-15-33(2)27(35)19-31(38,28(36)37)23-10-11-26(39-21-30)25(34)18-23/h3-4,10-12,14,17-18,22,38H,5-9,13,15-16,19-21H2,1-2H3,(H,36,37)/b4-3-/t22?,29?,30-,31+/m0/s1. The molecule has 1 amide bonds. The van der Waals surface area contributed by atoms with Crippen molar-refractivity contribution in [2.75, 3.05) is 38.2 Å². The first-order valence-electron chi connectivity index (χ1n) is 14.0. The van der Waals surface area contributed by atoms with Crippen LogP contribution in [0.1, 0.15) is 57.4 Å². The molecule has 0 saturated heterocycles. The van der Waals surface area contributed by atoms with E-state index in [1.165, 1.54) is 4.90 Å². The summed E-state index contributed by atoms with van der Waals surface area (Å²) in [4.78, 5) is 29.2. The highest BCUT2D eigenvalue weighted by Crippen LogP contribution is 2.59. The SMILES string of the molecule is CN1CC/C=C\CCCN2C[C@@]3(CCCC4C=C(Cl)C=CC43C)COc3ccc(cc32)[C@@](O)(C(=O)O)CC1=O. The molecule has 0 radical (unpaired) electrons. The number of ether oxygens (including phenoxy) is 1. The summed E-state index contributed by atoms with van der Waals surface area (Å²) in [5.41, 5.74) is -1.72. The van der Waals surface area contributed by atoms with Gasteiger partial charge in [0.1, 0.15) is 5.75 Å². The van der Waals surface area contributed by atoms with Gasteiger partial charge in [0.2, 0.25) is 5.91 Å². The quantitative estimate of drug-likeness (QED) is 0.462. The Morgan fingerprint density at radius 3 is 2.77 bits per heavy atom. The largest absolute Gasteiger partial charge is 0.491 e. The lowest BCUT2D eigenvalue weighted by atomic mass is 9.51. The van der Waals surface area contributed by atoms with E-state index >= 15 is 0 Å². The second-order valence-corrected chi connectivity index (χ2v) is 12.3. The molecule has 1 fully saturated rings. The minimum atomic E-state index is -2.35. The molecule has 39 heavy (non-hydrogen) atoms. The van der Waals surface area contributed by atoms with Gasteiger partial charge in [0.25, 0.3) is 0 Å². The third-order valence-corrected chi connectivity index (χ3v) is 9.84. The lowest BCUT2D eigenvalue weighted by Gasteiger charge is -2.55. The van der Waals surface area contributed by atoms with Gasteiger partial charge in [-0.3, -0.25) is 4.79 Å². The number of hydrogen-bond acceptors (Lipinski definition) is 5. The van der Waals surface area contributed by atoms with Crippen LogP contribution < -0.4 is 9.64 Å². The molecule has 2 unspecified atom stereocenters. The fraction of sp³-hybridized carbons (Fsp3) is 0.548. The zero-order valence-corrected chi connectivity index (χ0v) is 23.6. The van der Waals surface area contributed by atoms with Crippen LogP contribution >= 0.6 is 11.6 Å². The van der Waals surface area contributed by atoms with Crippen molar-refractivity contribution in [3.05, 3.63) is 59.2 Å². The first kappa shape index (κ1) is 27.8. The fourth-order valence-electron chi connectivity index (χ4n) is 6.90. The zero-order chi connectivity index (χ0) is 27.8. The normalized spacial score (nSPS) is 34.2. The van der Waals surface area contributed by atoms with Crippen molar-refractivity contribution in [3.8, 4) is 5.75 Å². The number of carbonyl (C=O) groups is 2. The van der Waals surface area contributed by atoms with E-state index in [4.69, 9.17) is 16.3 Å². The molecule has 2 heterocycles. The molecule has 4 atom stereocenters. The lowest BCUT2D eigenvalue weighted by molar-refractivity contribution is -0.164. The van der Waals surface area contributed by atoms with Crippen LogP contribution in [0.15, 0.2) is 53.6 Å². The summed E-state index contributed by atoms with van der Waals surface area (Å²) < 4.78 is 6.55. The van der Waals surface area contributed by atoms with E-state index < -0.39 is 23.9 Å². The van der Waals surface area contributed by atoms with E-state index in [2.05, 4.69) is 36.1 Å². The van der Waals surface area contributed by atoms with Crippen molar-refractivity contribution in [3.63, 3.8) is 0 Å². The predicted octanol–water partition coefficient (Wildman–Crippen LogP) is 5.23. The van der Waals surface area contributed by atoms with Gasteiger partial charge in [-0.25, -0.2) is 4.79 Å². The van der Waals surface area contributed by atoms with Gasteiger partial charge in [0, 0.05) is 42.5 Å². The topological polar surface area (TPSA) is 90.3 Å². The highest BCUT2D eigenvalue weighted by atomic mass is 35.5. The van der Waals surface area contributed by atoms with Crippen LogP contribution in [-0.2, 0) is 15.2 Å². The molecule has 8 heteroatoms. The number of halogens is 1. The predicted molar refractivity (Wildman–Crippen MR) is 152 cm³/mol. The average molecular weight is 555 g/mol. The van der Waals surface area contributed by atoms with Crippen LogP contribution in [0.3, 0.4) is 0 Å². The van der Waals surface area contributed by atoms with E-state index in [1.807, 2.05) is 6.08 Å². The molecule has 0 aromatic heterocycles. The summed E-state index contributed by atoms with van der Waals surface area (Å²) in [6, 6.07) is 5.07. The van der Waals surface area contributed by atoms with Crippen molar-refractivity contribution in [1.29, 1.82) is 0 Å². The average Bonchev–Trinajstić information content (AvgIpc) is 3.06. The monoisotopic (exact) mass is 554 g/mol. The second kappa shape index (κ2) is 10.7. The van der Waals surface area contributed by atoms with Crippen molar-refractivity contribution in [2.24, 2.45) is 16.7 Å². The summed E-state index contributed by atoms with van der Waals surface area (Å²) in [7, 11) is 1.64. The van der Waals surface area contributed by atoms with Gasteiger partial charge >= 0.3 is 5.97 Å². The number of carboxylic acids is 1. The molecule has 1 aromatic carbocycles. The number of benzene rings is 1. The number of amides is 1. The molecule has 1 spiro atoms. The maximum absolute atomic E-state index is 12.9. The lowest BCUT2D eigenvalue weighted by Crippen LogP contribution is -2.55. The third-order valence-electron chi connectivity index (χ3n) is 9.59. The van der Waals surface area contributed by atoms with E-state index in [-0.39, 0.29) is 16.4 Å². The van der Waals surface area contributed by atoms with E-state index in [0.717, 1.165) is 55.9 Å². The number of nitrogens with zero attached hydrogens (tertiary/aromatic N) is 2. The molecule has 2 N–H and O–H groups in total. The smallest absolute Gasteiger partial charge is 0.340 e. The maximum atomic E-state index is 12.9. The summed E-state index contributed by atoms with van der Waals surface area (Å²) in [6.45, 7) is 4.81. The minimum Gasteiger partial charge on any atom is -0.491 e. The molecular weight excluding hydrogens is 516 g/mol. The Kier molecular flexibility index (Phi) is 7.59. The summed E-state index contributed by atoms with van der Waals surface area (Å²) in [5, 5.41) is 22.3. The van der Waals surface area contributed by atoms with Crippen molar-refractivity contribution >= 4 is 29.2 Å². The molecular formula is C31H39ClN2O5. The van der Waals surface area contributed by atoms with E-state index in [0.29, 0.717) is 31.2 Å². The van der Waals surface area contributed by atoms with Crippen molar-refractivity contribution in [1.82, 2.24) is 4.90 Å². The van der Waals surface area contributed by atoms with E-state index in [9.17, 15) is 19.8 Å². The Morgan fingerprint density at radius 1 is 1.18 bits per heavy atom. The summed E-state index contributed by atoms with van der Waals surface area (Å²) in [6.07, 6.45) is 15.8. The third kappa shape index (κ3) is 5.00. The molecule has 2 bridgehead atoms. The molecule has 5 rings (SSSR count). The van der Waals surface area contributed by atoms with Crippen LogP contribution in [0.5, 0.6) is 5.75 Å². The van der Waals surface area contributed by atoms with Gasteiger partial charge in [-0.05, 0) is 61.8 Å². The Morgan fingerprint density at radius 2 is 1.97 bits per heavy atom. The Hall–Kier alpha value is -2.77. The first-order chi connectivity index (χ1) is 18.6. The zero-order valence-electron chi connectivity index (χ0n) is 22.9. The number of rotatable bonds is 1. The van der Waals surface area contributed by atoms with Gasteiger partial charge in [-0.15, -0.1) is 0 Å². The summed E-state index contributed by atoms with van der Waals surface area (Å²) >= 11 is 6.43. The van der Waals surface area contributed by atoms with Crippen LogP contribution in [0.4, 0.5) is 5.69 Å². The maximum Gasteiger partial charge on any atom is 0.340 e. The first-order valence-corrected chi connectivity index (χ1v) is 14.4. The number of fused-ring (bicyclic) bond motifs is 3. The van der Waals surface area contributed by atoms with Crippen LogP contribution in [0.25, 0.3) is 0 Å². The molecule has 4 aliphatic rings. The Balaban J connectivity index is 1.58. The van der Waals surface area contributed by atoms with E-state index in [1.54, 1.807) is 25.2 Å². The minimum absolute atomic E-state index is 0.149. The van der Waals surface area contributed by atoms with Gasteiger partial charge in [0.15, 0.2) is 5.60 Å². The molecule has 2 aliphatic carbocycles. The molecule has 1 aromatic rings. The number of aliphatic carboxylic acids is 1. The fourth-order valence-corrected chi connectivity index (χ4v) is 7.11. The second-order valence-electron chi connectivity index (χ2n) is 11.9. The van der Waals surface area contributed by atoms with Gasteiger partial charge in [-0.1, -0.05) is 55.3 Å². The summed E-state index contributed by atoms with van der Waals surface area (Å²) in [5.74, 6) is -0.867. The number of carbonyl (C=O) groups excluding carboxylic acids is 1. The Bertz CT molecular complexity index is 1230. The van der Waals surface area contributed by atoms with Crippen LogP contribution in [0.2, 0.25) is 0 Å². The highest BCUT2D eigenvalue weighted by molar-refractivity contribution is 6.31. The molecule has 2 aliphatic heterocycles. The van der Waals surface area contributed by atoms with Gasteiger partial charge < -0.3 is 24.7 Å². The van der Waals surface area contributed by atoms with Crippen molar-refractivity contribution in [2.45, 2.75) is 57.5 Å². The van der Waals surface area contributed by atoms with Crippen molar-refractivity contribution < 1.29 is 24.5 Å².